The number of carbonyl (C=O) groups excluding carboxylic acids is 2. The average Bonchev–Trinajstić information content (AvgIpc) is 3.09. The maximum absolute atomic E-state index is 12.7. The molecule has 1 saturated heterocycles. The smallest absolute Gasteiger partial charge is 0.285 e. The number of hydrazine groups is 1. The molecule has 0 saturated carbocycles. The van der Waals surface area contributed by atoms with Gasteiger partial charge in [0.15, 0.2) is 0 Å². The highest BCUT2D eigenvalue weighted by atomic mass is 32.2. The van der Waals surface area contributed by atoms with Gasteiger partial charge in [0.1, 0.15) is 4.90 Å². The third-order valence-corrected chi connectivity index (χ3v) is 6.36. The van der Waals surface area contributed by atoms with Crippen LogP contribution in [0.3, 0.4) is 0 Å². The van der Waals surface area contributed by atoms with E-state index >= 15 is 0 Å². The fourth-order valence-corrected chi connectivity index (χ4v) is 4.67. The van der Waals surface area contributed by atoms with Crippen molar-refractivity contribution >= 4 is 21.8 Å². The second kappa shape index (κ2) is 6.23. The van der Waals surface area contributed by atoms with Crippen LogP contribution in [0.5, 0.6) is 0 Å². The quantitative estimate of drug-likeness (QED) is 0.841. The summed E-state index contributed by atoms with van der Waals surface area (Å²) in [5.41, 5.74) is 2.28. The summed E-state index contributed by atoms with van der Waals surface area (Å²) in [5.74, 6) is -2.91. The zero-order valence-corrected chi connectivity index (χ0v) is 14.5. The molecular formula is C15H16F3N3O4S. The Balaban J connectivity index is 1.78. The molecule has 26 heavy (non-hydrogen) atoms. The van der Waals surface area contributed by atoms with Crippen molar-refractivity contribution in [1.82, 2.24) is 14.7 Å². The Bertz CT molecular complexity index is 869. The van der Waals surface area contributed by atoms with E-state index in [2.05, 4.69) is 5.43 Å². The van der Waals surface area contributed by atoms with Crippen molar-refractivity contribution in [2.24, 2.45) is 5.92 Å². The van der Waals surface area contributed by atoms with Gasteiger partial charge < -0.3 is 0 Å². The molecule has 2 amide bonds. The molecule has 1 aromatic rings. The predicted octanol–water partition coefficient (Wildman–Crippen LogP) is 1.38. The topological polar surface area (TPSA) is 86.8 Å². The minimum absolute atomic E-state index is 0.0262. The van der Waals surface area contributed by atoms with Crippen LogP contribution < -0.4 is 5.43 Å². The average molecular weight is 391 g/mol. The van der Waals surface area contributed by atoms with E-state index in [1.54, 1.807) is 0 Å². The van der Waals surface area contributed by atoms with E-state index in [4.69, 9.17) is 0 Å². The number of amides is 2. The number of sulfonamides is 1. The lowest BCUT2D eigenvalue weighted by Gasteiger charge is -2.18. The van der Waals surface area contributed by atoms with E-state index in [0.29, 0.717) is 4.31 Å². The summed E-state index contributed by atoms with van der Waals surface area (Å²) in [4.78, 5) is 24.1. The number of rotatable bonds is 3. The molecule has 0 radical (unpaired) electrons. The largest absolute Gasteiger partial charge is 0.393 e. The molecule has 0 bridgehead atoms. The fraction of sp³-hybridized carbons (Fsp3) is 0.467. The van der Waals surface area contributed by atoms with Gasteiger partial charge in [0.05, 0.1) is 11.5 Å². The second-order valence-corrected chi connectivity index (χ2v) is 7.93. The standard InChI is InChI=1S/C15H16F3N3O4S/c1-2-21-14(23)11-4-3-9(7-12(11)26(21,24)25)13(22)19-20-6-5-10(8-20)15(16,17)18/h3-4,7,10H,2,5-6,8H2,1H3,(H,19,22). The number of nitrogens with one attached hydrogen (secondary N) is 1. The fourth-order valence-electron chi connectivity index (χ4n) is 3.07. The highest BCUT2D eigenvalue weighted by Gasteiger charge is 2.44. The van der Waals surface area contributed by atoms with Gasteiger partial charge in [-0.25, -0.2) is 17.7 Å². The van der Waals surface area contributed by atoms with Crippen molar-refractivity contribution in [1.29, 1.82) is 0 Å². The van der Waals surface area contributed by atoms with Gasteiger partial charge in [0.25, 0.3) is 21.8 Å². The minimum Gasteiger partial charge on any atom is -0.285 e. The summed E-state index contributed by atoms with van der Waals surface area (Å²) < 4.78 is 63.5. The molecule has 1 N–H and O–H groups in total. The van der Waals surface area contributed by atoms with Crippen LogP contribution in [0.1, 0.15) is 34.1 Å². The van der Waals surface area contributed by atoms with Gasteiger partial charge in [-0.2, -0.15) is 13.2 Å². The Morgan fingerprint density at radius 3 is 2.62 bits per heavy atom. The van der Waals surface area contributed by atoms with Gasteiger partial charge in [-0.3, -0.25) is 15.0 Å². The first-order chi connectivity index (χ1) is 12.1. The monoisotopic (exact) mass is 391 g/mol. The van der Waals surface area contributed by atoms with Gasteiger partial charge in [-0.1, -0.05) is 0 Å². The molecule has 7 nitrogen and oxygen atoms in total. The number of fused-ring (bicyclic) bond motifs is 1. The Hall–Kier alpha value is -2.14. The van der Waals surface area contributed by atoms with E-state index in [9.17, 15) is 31.2 Å². The van der Waals surface area contributed by atoms with Crippen LogP contribution in [0, 0.1) is 5.92 Å². The summed E-state index contributed by atoms with van der Waals surface area (Å²) in [6.45, 7) is 1.16. The molecule has 0 aromatic heterocycles. The molecule has 11 heteroatoms. The third kappa shape index (κ3) is 3.05. The van der Waals surface area contributed by atoms with Crippen LogP contribution >= 0.6 is 0 Å². The molecule has 3 rings (SSSR count). The van der Waals surface area contributed by atoms with E-state index in [1.807, 2.05) is 0 Å². The summed E-state index contributed by atoms with van der Waals surface area (Å²) >= 11 is 0. The molecule has 1 fully saturated rings. The number of benzene rings is 1. The van der Waals surface area contributed by atoms with Gasteiger partial charge >= 0.3 is 6.18 Å². The first-order valence-electron chi connectivity index (χ1n) is 7.89. The van der Waals surface area contributed by atoms with Crippen molar-refractivity contribution in [2.75, 3.05) is 19.6 Å². The highest BCUT2D eigenvalue weighted by molar-refractivity contribution is 7.90. The van der Waals surface area contributed by atoms with Crippen LogP contribution in [0.15, 0.2) is 23.1 Å². The lowest BCUT2D eigenvalue weighted by atomic mass is 10.1. The summed E-state index contributed by atoms with van der Waals surface area (Å²) in [7, 11) is -4.02. The number of alkyl halides is 3. The first-order valence-corrected chi connectivity index (χ1v) is 9.33. The van der Waals surface area contributed by atoms with Crippen molar-refractivity contribution in [2.45, 2.75) is 24.4 Å². The number of hydrogen-bond acceptors (Lipinski definition) is 5. The molecule has 2 heterocycles. The van der Waals surface area contributed by atoms with Crippen molar-refractivity contribution in [3.63, 3.8) is 0 Å². The van der Waals surface area contributed by atoms with Gasteiger partial charge in [0, 0.05) is 25.2 Å². The number of carbonyl (C=O) groups is 2. The van der Waals surface area contributed by atoms with Crippen LogP contribution in [-0.2, 0) is 10.0 Å². The zero-order chi connectivity index (χ0) is 19.3. The molecule has 2 aliphatic heterocycles. The molecule has 1 unspecified atom stereocenters. The maximum Gasteiger partial charge on any atom is 0.393 e. The lowest BCUT2D eigenvalue weighted by Crippen LogP contribution is -2.41. The van der Waals surface area contributed by atoms with Crippen LogP contribution in [0.25, 0.3) is 0 Å². The van der Waals surface area contributed by atoms with E-state index in [-0.39, 0.29) is 42.1 Å². The van der Waals surface area contributed by atoms with Gasteiger partial charge in [-0.05, 0) is 31.5 Å². The molecule has 0 spiro atoms. The van der Waals surface area contributed by atoms with Crippen LogP contribution in [0.2, 0.25) is 0 Å². The molecule has 142 valence electrons. The summed E-state index contributed by atoms with van der Waals surface area (Å²) in [6, 6.07) is 3.59. The third-order valence-electron chi connectivity index (χ3n) is 4.47. The Kier molecular flexibility index (Phi) is 4.47. The maximum atomic E-state index is 12.7. The Morgan fingerprint density at radius 1 is 1.35 bits per heavy atom. The SMILES string of the molecule is CCN1C(=O)c2ccc(C(=O)NN3CCC(C(F)(F)F)C3)cc2S1(=O)=O. The minimum atomic E-state index is -4.33. The normalized spacial score (nSPS) is 22.5. The number of halogens is 3. The van der Waals surface area contributed by atoms with Crippen molar-refractivity contribution < 1.29 is 31.2 Å². The molecular weight excluding hydrogens is 375 g/mol. The number of hydrogen-bond donors (Lipinski definition) is 1. The highest BCUT2D eigenvalue weighted by Crippen LogP contribution is 2.33. The van der Waals surface area contributed by atoms with Gasteiger partial charge in [0.2, 0.25) is 0 Å². The predicted molar refractivity (Wildman–Crippen MR) is 83.5 cm³/mol. The molecule has 2 aliphatic rings. The second-order valence-electron chi connectivity index (χ2n) is 6.10. The Morgan fingerprint density at radius 2 is 2.04 bits per heavy atom. The zero-order valence-electron chi connectivity index (χ0n) is 13.7. The van der Waals surface area contributed by atoms with E-state index < -0.39 is 33.9 Å². The van der Waals surface area contributed by atoms with Crippen LogP contribution in [0.4, 0.5) is 13.2 Å². The van der Waals surface area contributed by atoms with Crippen molar-refractivity contribution in [3.05, 3.63) is 29.3 Å². The Labute approximate surface area is 147 Å². The van der Waals surface area contributed by atoms with E-state index in [1.165, 1.54) is 19.1 Å². The van der Waals surface area contributed by atoms with Crippen LogP contribution in [-0.4, -0.2) is 55.4 Å². The molecule has 1 aromatic carbocycles. The molecule has 0 aliphatic carbocycles. The summed E-state index contributed by atoms with van der Waals surface area (Å²) in [6.07, 6.45) is -4.45. The van der Waals surface area contributed by atoms with Crippen molar-refractivity contribution in [3.8, 4) is 0 Å². The summed E-state index contributed by atoms with van der Waals surface area (Å²) in [5, 5.41) is 1.16. The first kappa shape index (κ1) is 18.6. The number of nitrogens with zero attached hydrogens (tertiary/aromatic N) is 2. The molecule has 1 atom stereocenters. The van der Waals surface area contributed by atoms with Gasteiger partial charge in [-0.15, -0.1) is 0 Å². The van der Waals surface area contributed by atoms with E-state index in [0.717, 1.165) is 11.1 Å². The lowest BCUT2D eigenvalue weighted by molar-refractivity contribution is -0.171.